The van der Waals surface area contributed by atoms with Crippen LogP contribution in [0.15, 0.2) is 152 Å². The summed E-state index contributed by atoms with van der Waals surface area (Å²) in [5.41, 5.74) is 11.0. The van der Waals surface area contributed by atoms with Gasteiger partial charge in [-0.2, -0.15) is 10.5 Å². The minimum atomic E-state index is 0.646. The van der Waals surface area contributed by atoms with E-state index in [0.717, 1.165) is 77.1 Å². The zero-order valence-electron chi connectivity index (χ0n) is 26.2. The van der Waals surface area contributed by atoms with Gasteiger partial charge in [0.15, 0.2) is 0 Å². The van der Waals surface area contributed by atoms with Gasteiger partial charge in [0.25, 0.3) is 0 Å². The second kappa shape index (κ2) is 10.2. The highest BCUT2D eigenvalue weighted by Gasteiger charge is 2.20. The van der Waals surface area contributed by atoms with Crippen LogP contribution in [0.1, 0.15) is 11.1 Å². The molecule has 0 aliphatic heterocycles. The second-order valence-electron chi connectivity index (χ2n) is 12.5. The smallest absolute Gasteiger partial charge is 0.0991 e. The van der Waals surface area contributed by atoms with Crippen LogP contribution in [0.4, 0.5) is 0 Å². The van der Waals surface area contributed by atoms with Gasteiger partial charge in [0.05, 0.1) is 56.4 Å². The molecule has 0 spiro atoms. The lowest BCUT2D eigenvalue weighted by Gasteiger charge is -2.13. The van der Waals surface area contributed by atoms with E-state index in [9.17, 15) is 10.5 Å². The van der Waals surface area contributed by atoms with Crippen LogP contribution >= 0.6 is 0 Å². The molecule has 0 radical (unpaired) electrons. The lowest BCUT2D eigenvalue weighted by molar-refractivity contribution is 1.13. The number of benzene rings is 7. The summed E-state index contributed by atoms with van der Waals surface area (Å²) in [6.45, 7) is 0. The van der Waals surface area contributed by atoms with Crippen molar-refractivity contribution in [1.29, 1.82) is 10.5 Å². The number of nitrogens with zero attached hydrogens (tertiary/aromatic N) is 5. The van der Waals surface area contributed by atoms with E-state index in [1.54, 1.807) is 0 Å². The number of hydrogen-bond acceptors (Lipinski definition) is 2. The highest BCUT2D eigenvalue weighted by atomic mass is 15.0. The first-order valence-corrected chi connectivity index (χ1v) is 16.2. The summed E-state index contributed by atoms with van der Waals surface area (Å²) in [5.74, 6) is 0. The summed E-state index contributed by atoms with van der Waals surface area (Å²) in [6.07, 6.45) is 0. The van der Waals surface area contributed by atoms with Crippen LogP contribution in [0.3, 0.4) is 0 Å². The van der Waals surface area contributed by atoms with Gasteiger partial charge in [-0.25, -0.2) is 0 Å². The molecule has 0 N–H and O–H groups in total. The maximum atomic E-state index is 9.79. The molecule has 0 unspecified atom stereocenters. The SMILES string of the molecule is N#Cc1ccc2c(c1)c1ccccc1n2-c1cccc(-n2c3ccccc3c3cc4c5cc(C#N)ccc5n(-c5ccccc5)c4cc32)c1. The van der Waals surface area contributed by atoms with Crippen LogP contribution in [0.5, 0.6) is 0 Å². The van der Waals surface area contributed by atoms with Crippen molar-refractivity contribution >= 4 is 65.4 Å². The summed E-state index contributed by atoms with van der Waals surface area (Å²) in [4.78, 5) is 0. The summed E-state index contributed by atoms with van der Waals surface area (Å²) < 4.78 is 6.96. The Morgan fingerprint density at radius 2 is 0.735 bits per heavy atom. The molecule has 7 aromatic carbocycles. The predicted molar refractivity (Wildman–Crippen MR) is 199 cm³/mol. The van der Waals surface area contributed by atoms with E-state index in [2.05, 4.69) is 147 Å². The molecule has 3 aromatic heterocycles. The Morgan fingerprint density at radius 1 is 0.306 bits per heavy atom. The van der Waals surface area contributed by atoms with Crippen LogP contribution < -0.4 is 0 Å². The number of aromatic nitrogens is 3. The van der Waals surface area contributed by atoms with Gasteiger partial charge < -0.3 is 13.7 Å². The fourth-order valence-corrected chi connectivity index (χ4v) is 7.78. The largest absolute Gasteiger partial charge is 0.309 e. The number of hydrogen-bond donors (Lipinski definition) is 0. The number of nitriles is 2. The molecule has 5 nitrogen and oxygen atoms in total. The predicted octanol–water partition coefficient (Wildman–Crippen LogP) is 10.7. The number of fused-ring (bicyclic) bond motifs is 9. The molecule has 0 fully saturated rings. The molecule has 0 bridgehead atoms. The molecular formula is C44H25N5. The van der Waals surface area contributed by atoms with Crippen molar-refractivity contribution in [3.05, 3.63) is 163 Å². The molecule has 5 heteroatoms. The summed E-state index contributed by atoms with van der Waals surface area (Å²) in [6, 6.07) is 57.3. The molecule has 0 atom stereocenters. The van der Waals surface area contributed by atoms with Crippen molar-refractivity contribution < 1.29 is 0 Å². The van der Waals surface area contributed by atoms with E-state index >= 15 is 0 Å². The number of para-hydroxylation sites is 3. The monoisotopic (exact) mass is 623 g/mol. The Kier molecular flexibility index (Phi) is 5.64. The summed E-state index contributed by atoms with van der Waals surface area (Å²) >= 11 is 0. The lowest BCUT2D eigenvalue weighted by atomic mass is 10.1. The third-order valence-electron chi connectivity index (χ3n) is 9.85. The van der Waals surface area contributed by atoms with Crippen LogP contribution in [0.25, 0.3) is 82.5 Å². The molecule has 49 heavy (non-hydrogen) atoms. The molecule has 0 amide bonds. The highest BCUT2D eigenvalue weighted by molar-refractivity contribution is 6.19. The van der Waals surface area contributed by atoms with Gasteiger partial charge in [0, 0.05) is 49.4 Å². The lowest BCUT2D eigenvalue weighted by Crippen LogP contribution is -1.99. The molecule has 0 aliphatic carbocycles. The zero-order valence-corrected chi connectivity index (χ0v) is 26.2. The maximum Gasteiger partial charge on any atom is 0.0991 e. The molecule has 3 heterocycles. The minimum absolute atomic E-state index is 0.646. The molecule has 10 rings (SSSR count). The van der Waals surface area contributed by atoms with E-state index in [0.29, 0.717) is 11.1 Å². The van der Waals surface area contributed by atoms with E-state index < -0.39 is 0 Å². The molecule has 226 valence electrons. The van der Waals surface area contributed by atoms with Gasteiger partial charge in [0.1, 0.15) is 0 Å². The quantitative estimate of drug-likeness (QED) is 0.197. The van der Waals surface area contributed by atoms with Crippen molar-refractivity contribution in [2.45, 2.75) is 0 Å². The van der Waals surface area contributed by atoms with Crippen LogP contribution in [-0.4, -0.2) is 13.7 Å². The van der Waals surface area contributed by atoms with Crippen molar-refractivity contribution in [2.75, 3.05) is 0 Å². The first-order chi connectivity index (χ1) is 24.2. The molecule has 0 aliphatic rings. The third kappa shape index (κ3) is 3.85. The minimum Gasteiger partial charge on any atom is -0.309 e. The van der Waals surface area contributed by atoms with E-state index in [1.807, 2.05) is 30.3 Å². The Labute approximate surface area is 280 Å². The first-order valence-electron chi connectivity index (χ1n) is 16.2. The van der Waals surface area contributed by atoms with Crippen molar-refractivity contribution in [3.8, 4) is 29.2 Å². The topological polar surface area (TPSA) is 62.4 Å². The van der Waals surface area contributed by atoms with E-state index in [-0.39, 0.29) is 0 Å². The van der Waals surface area contributed by atoms with Gasteiger partial charge >= 0.3 is 0 Å². The van der Waals surface area contributed by atoms with Gasteiger partial charge in [-0.05, 0) is 91.0 Å². The fourth-order valence-electron chi connectivity index (χ4n) is 7.78. The number of rotatable bonds is 3. The molecular weight excluding hydrogens is 599 g/mol. The standard InChI is InChI=1S/C44H25N5/c45-26-28-17-19-41-35(21-28)33-13-4-6-15-39(33)48(41)31-11-8-12-32(23-31)49-40-16-7-5-14-34(40)37-24-38-36-22-29(27-46)18-20-42(36)47(44(38)25-43(37)49)30-9-2-1-3-10-30/h1-25H. The Morgan fingerprint density at radius 3 is 1.33 bits per heavy atom. The van der Waals surface area contributed by atoms with Crippen LogP contribution in [0.2, 0.25) is 0 Å². The van der Waals surface area contributed by atoms with Gasteiger partial charge in [0.2, 0.25) is 0 Å². The highest BCUT2D eigenvalue weighted by Crippen LogP contribution is 2.40. The van der Waals surface area contributed by atoms with Crippen molar-refractivity contribution in [2.24, 2.45) is 0 Å². The molecule has 10 aromatic rings. The average molecular weight is 624 g/mol. The van der Waals surface area contributed by atoms with Crippen molar-refractivity contribution in [3.63, 3.8) is 0 Å². The fraction of sp³-hybridized carbons (Fsp3) is 0. The summed E-state index contributed by atoms with van der Waals surface area (Å²) in [7, 11) is 0. The van der Waals surface area contributed by atoms with Crippen LogP contribution in [-0.2, 0) is 0 Å². The van der Waals surface area contributed by atoms with Crippen molar-refractivity contribution in [1.82, 2.24) is 13.7 Å². The first kappa shape index (κ1) is 27.1. The summed E-state index contributed by atoms with van der Waals surface area (Å²) in [5, 5.41) is 26.1. The normalized spacial score (nSPS) is 11.6. The Hall–Kier alpha value is -7.08. The molecule has 0 saturated heterocycles. The van der Waals surface area contributed by atoms with Crippen LogP contribution in [0, 0.1) is 22.7 Å². The Balaban J connectivity index is 1.29. The van der Waals surface area contributed by atoms with E-state index in [1.165, 1.54) is 5.39 Å². The van der Waals surface area contributed by atoms with E-state index in [4.69, 9.17) is 0 Å². The second-order valence-corrected chi connectivity index (χ2v) is 12.5. The maximum absolute atomic E-state index is 9.79. The zero-order chi connectivity index (χ0) is 32.6. The Bertz CT molecular complexity index is 3070. The van der Waals surface area contributed by atoms with Gasteiger partial charge in [-0.3, -0.25) is 0 Å². The van der Waals surface area contributed by atoms with Gasteiger partial charge in [-0.1, -0.05) is 60.7 Å². The third-order valence-corrected chi connectivity index (χ3v) is 9.85. The molecule has 0 saturated carbocycles. The average Bonchev–Trinajstić information content (AvgIpc) is 3.78. The van der Waals surface area contributed by atoms with Gasteiger partial charge in [-0.15, -0.1) is 0 Å².